The smallest absolute Gasteiger partial charge is 0.200 e. The predicted octanol–water partition coefficient (Wildman–Crippen LogP) is 17.2. The highest BCUT2D eigenvalue weighted by Crippen LogP contribution is 2.40. The number of rotatable bonds is 13. The monoisotopic (exact) mass is 1110 g/mol. The highest BCUT2D eigenvalue weighted by atomic mass is 35.5. The average Bonchev–Trinajstić information content (AvgIpc) is 3.35. The van der Waals surface area contributed by atoms with E-state index >= 15 is 0 Å². The first-order valence-electron chi connectivity index (χ1n) is 23.8. The molecule has 0 aliphatic carbocycles. The Labute approximate surface area is 445 Å². The molecule has 0 aliphatic rings. The highest BCUT2D eigenvalue weighted by molar-refractivity contribution is 6.38. The second-order valence-corrected chi connectivity index (χ2v) is 20.5. The van der Waals surface area contributed by atoms with Crippen molar-refractivity contribution < 1.29 is 74.0 Å². The van der Waals surface area contributed by atoms with E-state index in [-0.39, 0.29) is 79.7 Å². The number of phenolic OH excluding ortho intramolecular Hbond substituents is 3. The van der Waals surface area contributed by atoms with Gasteiger partial charge in [-0.3, -0.25) is 14.4 Å². The van der Waals surface area contributed by atoms with Gasteiger partial charge in [-0.2, -0.15) is 0 Å². The molecule has 0 radical (unpaired) electrons. The molecule has 18 heteroatoms. The van der Waals surface area contributed by atoms with Crippen LogP contribution in [-0.4, -0.2) is 39.8 Å². The summed E-state index contributed by atoms with van der Waals surface area (Å²) in [5.41, 5.74) is 1.26. The fourth-order valence-corrected chi connectivity index (χ4v) is 8.61. The van der Waals surface area contributed by atoms with Gasteiger partial charge in [0.25, 0.3) is 0 Å². The number of carbonyl (C=O) groups is 3. The maximum absolute atomic E-state index is 13.9. The van der Waals surface area contributed by atoms with E-state index in [1.54, 1.807) is 79.7 Å². The van der Waals surface area contributed by atoms with Crippen molar-refractivity contribution in [2.45, 2.75) is 119 Å². The number of halogens is 11. The number of ketones is 3. The molecule has 6 aromatic rings. The van der Waals surface area contributed by atoms with E-state index in [1.807, 2.05) is 27.7 Å². The Balaban J connectivity index is 0.000000246. The summed E-state index contributed by atoms with van der Waals surface area (Å²) >= 11 is 12.3. The Bertz CT molecular complexity index is 3080. The Hall–Kier alpha value is -6.52. The van der Waals surface area contributed by atoms with Crippen LogP contribution in [0.3, 0.4) is 0 Å². The molecule has 0 unspecified atom stereocenters. The van der Waals surface area contributed by atoms with Crippen molar-refractivity contribution in [3.8, 4) is 23.0 Å². The molecule has 0 aliphatic heterocycles. The lowest BCUT2D eigenvalue weighted by Gasteiger charge is -2.17. The molecule has 0 bridgehead atoms. The number of ether oxygens (including phenoxy) is 1. The maximum Gasteiger partial charge on any atom is 0.200 e. The van der Waals surface area contributed by atoms with Gasteiger partial charge in [0.05, 0.1) is 22.7 Å². The van der Waals surface area contributed by atoms with Crippen molar-refractivity contribution in [3.63, 3.8) is 0 Å². The average molecular weight is 1110 g/mol. The predicted molar refractivity (Wildman–Crippen MR) is 275 cm³/mol. The van der Waals surface area contributed by atoms with Crippen molar-refractivity contribution in [1.82, 2.24) is 0 Å². The van der Waals surface area contributed by atoms with Crippen molar-refractivity contribution in [2.75, 3.05) is 7.11 Å². The molecule has 0 atom stereocenters. The van der Waals surface area contributed by atoms with E-state index in [0.29, 0.717) is 45.2 Å². The molecule has 3 N–H and O–H groups in total. The number of benzene rings is 6. The van der Waals surface area contributed by atoms with E-state index in [0.717, 1.165) is 11.1 Å². The first-order valence-corrected chi connectivity index (χ1v) is 24.6. The zero-order valence-electron chi connectivity index (χ0n) is 43.8. The van der Waals surface area contributed by atoms with Crippen molar-refractivity contribution in [2.24, 2.45) is 0 Å². The third kappa shape index (κ3) is 13.0. The second kappa shape index (κ2) is 25.1. The molecular formula is C58H57Cl2F9O7. The molecule has 0 saturated heterocycles. The lowest BCUT2D eigenvalue weighted by molar-refractivity contribution is 0.102. The minimum atomic E-state index is -2.33. The topological polar surface area (TPSA) is 121 Å². The third-order valence-electron chi connectivity index (χ3n) is 12.3. The van der Waals surface area contributed by atoms with Gasteiger partial charge in [-0.15, -0.1) is 0 Å². The van der Waals surface area contributed by atoms with Gasteiger partial charge in [0.2, 0.25) is 5.82 Å². The zero-order chi connectivity index (χ0) is 57.9. The molecule has 6 aromatic carbocycles. The lowest BCUT2D eigenvalue weighted by atomic mass is 9.89. The number of hydrogen-bond donors (Lipinski definition) is 3. The number of phenols is 3. The fraction of sp³-hybridized carbons (Fsp3) is 0.328. The molecule has 0 heterocycles. The van der Waals surface area contributed by atoms with Crippen LogP contribution in [0.5, 0.6) is 23.0 Å². The van der Waals surface area contributed by atoms with Gasteiger partial charge in [-0.05, 0) is 123 Å². The Morgan fingerprint density at radius 1 is 0.382 bits per heavy atom. The van der Waals surface area contributed by atoms with Crippen LogP contribution < -0.4 is 4.74 Å². The van der Waals surface area contributed by atoms with Crippen molar-refractivity contribution in [3.05, 3.63) is 184 Å². The molecule has 0 aromatic heterocycles. The molecule has 7 nitrogen and oxygen atoms in total. The van der Waals surface area contributed by atoms with E-state index in [4.69, 9.17) is 27.9 Å². The maximum atomic E-state index is 13.9. The van der Waals surface area contributed by atoms with Crippen LogP contribution in [-0.2, 0) is 0 Å². The van der Waals surface area contributed by atoms with Crippen LogP contribution in [0.2, 0.25) is 10.0 Å². The Morgan fingerprint density at radius 2 is 0.645 bits per heavy atom. The summed E-state index contributed by atoms with van der Waals surface area (Å²) in [5.74, 6) is -21.0. The SMILES string of the molecule is CC(C)c1cc(C(=O)c2c(F)c(F)c(F)c(F)c2F)cc(C(C)C)c1O.CC(C)c1cc(C(=O)c2cc(F)c(F)c(F)c2F)cc(C(C)C)c1O.COc1c(Cl)cc(C(=O)c2cc(C(C)C)c(O)c(C(C)C)c2)cc1Cl. The quantitative estimate of drug-likeness (QED) is 0.0456. The van der Waals surface area contributed by atoms with Crippen LogP contribution in [0.4, 0.5) is 39.5 Å². The number of methoxy groups -OCH3 is 1. The summed E-state index contributed by atoms with van der Waals surface area (Å²) in [5, 5.41) is 31.7. The Kier molecular flexibility index (Phi) is 20.5. The van der Waals surface area contributed by atoms with Gasteiger partial charge in [-0.25, -0.2) is 39.5 Å². The Morgan fingerprint density at radius 3 is 0.947 bits per heavy atom. The summed E-state index contributed by atoms with van der Waals surface area (Å²) in [6.07, 6.45) is 0. The van der Waals surface area contributed by atoms with Crippen LogP contribution in [0.1, 0.15) is 200 Å². The first kappa shape index (κ1) is 62.0. The number of aromatic hydroxyl groups is 3. The lowest BCUT2D eigenvalue weighted by Crippen LogP contribution is -2.14. The molecule has 76 heavy (non-hydrogen) atoms. The minimum absolute atomic E-state index is 0.0264. The van der Waals surface area contributed by atoms with E-state index < -0.39 is 75.0 Å². The van der Waals surface area contributed by atoms with Crippen LogP contribution in [0, 0.1) is 52.4 Å². The summed E-state index contributed by atoms with van der Waals surface area (Å²) in [7, 11) is 1.47. The molecule has 0 fully saturated rings. The summed E-state index contributed by atoms with van der Waals surface area (Å²) in [4.78, 5) is 38.1. The van der Waals surface area contributed by atoms with Gasteiger partial charge in [0.15, 0.2) is 69.6 Å². The normalized spacial score (nSPS) is 11.4. The van der Waals surface area contributed by atoms with Crippen molar-refractivity contribution in [1.29, 1.82) is 0 Å². The minimum Gasteiger partial charge on any atom is -0.507 e. The van der Waals surface area contributed by atoms with Gasteiger partial charge >= 0.3 is 0 Å². The van der Waals surface area contributed by atoms with Crippen LogP contribution in [0.25, 0.3) is 0 Å². The molecule has 6 rings (SSSR count). The molecule has 0 spiro atoms. The number of hydrogen-bond acceptors (Lipinski definition) is 7. The standard InChI is InChI=1S/C20H22Cl2O3.C19H17F5O2.C19H18F4O2/c1-10(2)14-6-12(7-15(11(3)4)19(14)24)18(23)13-8-16(21)20(25-5)17(22)9-13;1-7(2)10-5-9(6-11(8(3)4)19(10)26)18(25)12-13(20)15(22)17(24)16(23)14(12)21;1-8(2)11-5-10(6-12(9(3)4)19(11)25)18(24)13-7-14(20)16(22)17(23)15(13)21/h6-11,24H,1-5H3;5-8,26H,1-4H3;5-9,25H,1-4H3. The first-order chi connectivity index (χ1) is 35.2. The largest absolute Gasteiger partial charge is 0.507 e. The van der Waals surface area contributed by atoms with E-state index in [1.165, 1.54) is 31.4 Å². The van der Waals surface area contributed by atoms with Crippen LogP contribution in [0.15, 0.2) is 54.6 Å². The van der Waals surface area contributed by atoms with Gasteiger partial charge in [0, 0.05) is 22.3 Å². The number of carbonyl (C=O) groups excluding carboxylic acids is 3. The van der Waals surface area contributed by atoms with Gasteiger partial charge < -0.3 is 20.1 Å². The summed E-state index contributed by atoms with van der Waals surface area (Å²) < 4.78 is 127. The second-order valence-electron chi connectivity index (χ2n) is 19.7. The van der Waals surface area contributed by atoms with Gasteiger partial charge in [0.1, 0.15) is 22.8 Å². The zero-order valence-corrected chi connectivity index (χ0v) is 45.3. The van der Waals surface area contributed by atoms with Gasteiger partial charge in [-0.1, -0.05) is 106 Å². The van der Waals surface area contributed by atoms with Crippen LogP contribution >= 0.6 is 23.2 Å². The molecule has 0 saturated carbocycles. The van der Waals surface area contributed by atoms with Crippen molar-refractivity contribution >= 4 is 40.6 Å². The third-order valence-corrected chi connectivity index (χ3v) is 12.8. The van der Waals surface area contributed by atoms with E-state index in [2.05, 4.69) is 0 Å². The molecule has 0 amide bonds. The molecular weight excluding hydrogens is 1050 g/mol. The fourth-order valence-electron chi connectivity index (χ4n) is 7.97. The summed E-state index contributed by atoms with van der Waals surface area (Å²) in [6, 6.07) is 12.0. The van der Waals surface area contributed by atoms with E-state index in [9.17, 15) is 69.2 Å². The molecule has 408 valence electrons. The highest BCUT2D eigenvalue weighted by Gasteiger charge is 2.32. The summed E-state index contributed by atoms with van der Waals surface area (Å²) in [6.45, 7) is 22.0.